The normalized spacial score (nSPS) is 18.5. The Bertz CT molecular complexity index is 520. The Labute approximate surface area is 120 Å². The fourth-order valence-corrected chi connectivity index (χ4v) is 3.50. The number of nitrogens with one attached hydrogen (secondary N) is 2. The summed E-state index contributed by atoms with van der Waals surface area (Å²) in [5.74, 6) is 0. The highest BCUT2D eigenvalue weighted by Crippen LogP contribution is 2.13. The van der Waals surface area contributed by atoms with Crippen LogP contribution in [-0.2, 0) is 16.6 Å². The van der Waals surface area contributed by atoms with E-state index in [4.69, 9.17) is 0 Å². The molecule has 1 aromatic heterocycles. The van der Waals surface area contributed by atoms with Crippen LogP contribution in [0.15, 0.2) is 17.3 Å². The van der Waals surface area contributed by atoms with Gasteiger partial charge < -0.3 is 10.2 Å². The molecule has 1 aliphatic rings. The largest absolute Gasteiger partial charge is 0.318 e. The predicted octanol–water partition coefficient (Wildman–Crippen LogP) is -0.525. The maximum atomic E-state index is 12.3. The number of hydrogen-bond acceptors (Lipinski definition) is 5. The predicted molar refractivity (Wildman–Crippen MR) is 77.0 cm³/mol. The molecular weight excluding hydrogens is 278 g/mol. The number of nitrogens with zero attached hydrogens (tertiary/aromatic N) is 3. The lowest BCUT2D eigenvalue weighted by Gasteiger charge is -2.29. The van der Waals surface area contributed by atoms with Crippen LogP contribution in [0.4, 0.5) is 0 Å². The monoisotopic (exact) mass is 301 g/mol. The lowest BCUT2D eigenvalue weighted by molar-refractivity contribution is 0.248. The average molecular weight is 301 g/mol. The van der Waals surface area contributed by atoms with Crippen molar-refractivity contribution in [3.8, 4) is 0 Å². The molecule has 0 spiro atoms. The topological polar surface area (TPSA) is 79.3 Å². The Morgan fingerprint density at radius 3 is 2.75 bits per heavy atom. The van der Waals surface area contributed by atoms with Crippen molar-refractivity contribution < 1.29 is 8.42 Å². The second-order valence-corrected chi connectivity index (χ2v) is 6.96. The van der Waals surface area contributed by atoms with Crippen molar-refractivity contribution in [1.82, 2.24) is 24.7 Å². The van der Waals surface area contributed by atoms with Gasteiger partial charge in [-0.15, -0.1) is 0 Å². The zero-order chi connectivity index (χ0) is 14.6. The van der Waals surface area contributed by atoms with Gasteiger partial charge >= 0.3 is 0 Å². The van der Waals surface area contributed by atoms with Crippen LogP contribution in [0, 0.1) is 0 Å². The number of sulfonamides is 1. The van der Waals surface area contributed by atoms with Crippen molar-refractivity contribution in [1.29, 1.82) is 0 Å². The summed E-state index contributed by atoms with van der Waals surface area (Å²) in [4.78, 5) is 2.45. The van der Waals surface area contributed by atoms with Crippen molar-refractivity contribution in [3.63, 3.8) is 0 Å². The third-order valence-corrected chi connectivity index (χ3v) is 5.03. The first-order chi connectivity index (χ1) is 9.51. The van der Waals surface area contributed by atoms with Crippen molar-refractivity contribution in [2.45, 2.75) is 30.3 Å². The number of likely N-dealkylation sites (N-methyl/N-ethyl adjacent to an activating group) is 1. The number of piperidine rings is 1. The third-order valence-electron chi connectivity index (χ3n) is 3.55. The second kappa shape index (κ2) is 6.66. The van der Waals surface area contributed by atoms with Gasteiger partial charge in [0, 0.05) is 18.8 Å². The summed E-state index contributed by atoms with van der Waals surface area (Å²) in [5.41, 5.74) is 0. The fourth-order valence-electron chi connectivity index (χ4n) is 2.25. The van der Waals surface area contributed by atoms with Crippen LogP contribution in [0.3, 0.4) is 0 Å². The summed E-state index contributed by atoms with van der Waals surface area (Å²) >= 11 is 0. The average Bonchev–Trinajstić information content (AvgIpc) is 2.88. The minimum Gasteiger partial charge on any atom is -0.318 e. The lowest BCUT2D eigenvalue weighted by Crippen LogP contribution is -2.43. The molecule has 0 radical (unpaired) electrons. The minimum atomic E-state index is -3.45. The van der Waals surface area contributed by atoms with E-state index in [1.54, 1.807) is 10.9 Å². The van der Waals surface area contributed by atoms with Crippen LogP contribution in [0.2, 0.25) is 0 Å². The lowest BCUT2D eigenvalue weighted by atomic mass is 10.1. The van der Waals surface area contributed by atoms with Crippen molar-refractivity contribution in [2.75, 3.05) is 33.7 Å². The third kappa shape index (κ3) is 4.02. The Morgan fingerprint density at radius 1 is 1.40 bits per heavy atom. The van der Waals surface area contributed by atoms with Gasteiger partial charge in [0.15, 0.2) is 0 Å². The standard InChI is InChI=1S/C12H23N5O2S/c1-13-5-8-17-10-12(9-14-17)20(18,19)15-11-3-6-16(2)7-4-11/h9-11,13,15H,3-8H2,1-2H3. The van der Waals surface area contributed by atoms with Crippen LogP contribution in [-0.4, -0.2) is 62.9 Å². The molecule has 2 N–H and O–H groups in total. The van der Waals surface area contributed by atoms with E-state index in [1.807, 2.05) is 7.05 Å². The van der Waals surface area contributed by atoms with E-state index in [0.717, 1.165) is 32.5 Å². The van der Waals surface area contributed by atoms with Gasteiger partial charge in [0.2, 0.25) is 10.0 Å². The molecule has 0 amide bonds. The van der Waals surface area contributed by atoms with E-state index in [9.17, 15) is 8.42 Å². The number of hydrogen-bond donors (Lipinski definition) is 2. The highest BCUT2D eigenvalue weighted by Gasteiger charge is 2.24. The van der Waals surface area contributed by atoms with Gasteiger partial charge in [-0.05, 0) is 40.0 Å². The smallest absolute Gasteiger partial charge is 0.243 e. The first-order valence-electron chi connectivity index (χ1n) is 6.89. The van der Waals surface area contributed by atoms with Crippen molar-refractivity contribution in [3.05, 3.63) is 12.4 Å². The van der Waals surface area contributed by atoms with E-state index in [0.29, 0.717) is 6.54 Å². The molecule has 0 aliphatic carbocycles. The van der Waals surface area contributed by atoms with Crippen LogP contribution < -0.4 is 10.0 Å². The number of likely N-dealkylation sites (tertiary alicyclic amines) is 1. The molecule has 2 rings (SSSR count). The molecule has 7 nitrogen and oxygen atoms in total. The van der Waals surface area contributed by atoms with Gasteiger partial charge in [0.25, 0.3) is 0 Å². The maximum absolute atomic E-state index is 12.3. The molecule has 0 unspecified atom stereocenters. The van der Waals surface area contributed by atoms with Gasteiger partial charge in [0.05, 0.1) is 12.7 Å². The molecule has 8 heteroatoms. The molecule has 1 aliphatic heterocycles. The summed E-state index contributed by atoms with van der Waals surface area (Å²) < 4.78 is 29.0. The molecule has 1 fully saturated rings. The molecule has 2 heterocycles. The van der Waals surface area contributed by atoms with Gasteiger partial charge in [-0.25, -0.2) is 13.1 Å². The first-order valence-corrected chi connectivity index (χ1v) is 8.37. The zero-order valence-corrected chi connectivity index (χ0v) is 12.9. The van der Waals surface area contributed by atoms with E-state index >= 15 is 0 Å². The van der Waals surface area contributed by atoms with Crippen LogP contribution in [0.1, 0.15) is 12.8 Å². The summed E-state index contributed by atoms with van der Waals surface area (Å²) in [5, 5.41) is 7.08. The Hall–Kier alpha value is -0.960. The molecule has 0 aromatic carbocycles. The SMILES string of the molecule is CNCCn1cc(S(=O)(=O)NC2CCN(C)CC2)cn1. The van der Waals surface area contributed by atoms with E-state index in [-0.39, 0.29) is 10.9 Å². The molecule has 0 atom stereocenters. The summed E-state index contributed by atoms with van der Waals surface area (Å²) in [6.45, 7) is 3.26. The molecule has 1 aromatic rings. The minimum absolute atomic E-state index is 0.0249. The maximum Gasteiger partial charge on any atom is 0.243 e. The Balaban J connectivity index is 1.97. The Morgan fingerprint density at radius 2 is 2.10 bits per heavy atom. The summed E-state index contributed by atoms with van der Waals surface area (Å²) in [6.07, 6.45) is 4.69. The van der Waals surface area contributed by atoms with Crippen molar-refractivity contribution >= 4 is 10.0 Å². The second-order valence-electron chi connectivity index (χ2n) is 5.24. The van der Waals surface area contributed by atoms with Gasteiger partial charge in [-0.1, -0.05) is 0 Å². The number of aromatic nitrogens is 2. The van der Waals surface area contributed by atoms with Gasteiger partial charge in [-0.3, -0.25) is 4.68 Å². The summed E-state index contributed by atoms with van der Waals surface area (Å²) in [7, 11) is 0.448. The molecule has 0 bridgehead atoms. The first kappa shape index (κ1) is 15.4. The molecular formula is C12H23N5O2S. The molecule has 0 saturated carbocycles. The van der Waals surface area contributed by atoms with Gasteiger partial charge in [0.1, 0.15) is 4.90 Å². The molecule has 114 valence electrons. The quantitative estimate of drug-likeness (QED) is 0.739. The van der Waals surface area contributed by atoms with Crippen molar-refractivity contribution in [2.24, 2.45) is 0 Å². The summed E-state index contributed by atoms with van der Waals surface area (Å²) in [6, 6.07) is 0.0249. The molecule has 20 heavy (non-hydrogen) atoms. The van der Waals surface area contributed by atoms with Crippen LogP contribution >= 0.6 is 0 Å². The fraction of sp³-hybridized carbons (Fsp3) is 0.750. The highest BCUT2D eigenvalue weighted by atomic mass is 32.2. The van der Waals surface area contributed by atoms with Crippen LogP contribution in [0.25, 0.3) is 0 Å². The molecule has 1 saturated heterocycles. The highest BCUT2D eigenvalue weighted by molar-refractivity contribution is 7.89. The van der Waals surface area contributed by atoms with Gasteiger partial charge in [-0.2, -0.15) is 5.10 Å². The van der Waals surface area contributed by atoms with E-state index in [2.05, 4.69) is 27.1 Å². The van der Waals surface area contributed by atoms with Crippen LogP contribution in [0.5, 0.6) is 0 Å². The Kier molecular flexibility index (Phi) is 5.14. The number of rotatable bonds is 6. The van der Waals surface area contributed by atoms with E-state index in [1.165, 1.54) is 6.20 Å². The van der Waals surface area contributed by atoms with E-state index < -0.39 is 10.0 Å². The zero-order valence-electron chi connectivity index (χ0n) is 12.0.